The van der Waals surface area contributed by atoms with Crippen molar-refractivity contribution in [3.8, 4) is 6.07 Å². The third-order valence-corrected chi connectivity index (χ3v) is 1.71. The van der Waals surface area contributed by atoms with Crippen LogP contribution >= 0.6 is 11.6 Å². The number of rotatable bonds is 2. The first-order valence-corrected chi connectivity index (χ1v) is 3.64. The number of hydrogen-bond acceptors (Lipinski definition) is 3. The van der Waals surface area contributed by atoms with E-state index in [4.69, 9.17) is 16.9 Å². The van der Waals surface area contributed by atoms with Crippen molar-refractivity contribution in [2.75, 3.05) is 0 Å². The maximum atomic E-state index is 10.2. The number of halogens is 1. The monoisotopic (exact) mass is 180 g/mol. The molecule has 12 heavy (non-hydrogen) atoms. The van der Waals surface area contributed by atoms with E-state index >= 15 is 0 Å². The van der Waals surface area contributed by atoms with E-state index in [1.165, 1.54) is 6.07 Å². The number of nitriles is 1. The largest absolute Gasteiger partial charge is 0.198 e. The van der Waals surface area contributed by atoms with Gasteiger partial charge >= 0.3 is 0 Å². The lowest BCUT2D eigenvalue weighted by Crippen LogP contribution is -1.79. The SMILES string of the molecule is N#CCc1ccc(Cl)c(N=O)c1. The molecule has 0 bridgehead atoms. The van der Waals surface area contributed by atoms with E-state index in [2.05, 4.69) is 5.18 Å². The van der Waals surface area contributed by atoms with Crippen molar-refractivity contribution in [3.63, 3.8) is 0 Å². The summed E-state index contributed by atoms with van der Waals surface area (Å²) in [6.07, 6.45) is 0.264. The van der Waals surface area contributed by atoms with E-state index in [0.29, 0.717) is 5.02 Å². The summed E-state index contributed by atoms with van der Waals surface area (Å²) in [6, 6.07) is 6.74. The Balaban J connectivity index is 3.06. The number of nitrogens with zero attached hydrogens (tertiary/aromatic N) is 2. The molecule has 4 heteroatoms. The maximum Gasteiger partial charge on any atom is 0.126 e. The molecule has 0 heterocycles. The summed E-state index contributed by atoms with van der Waals surface area (Å²) in [5.74, 6) is 0. The van der Waals surface area contributed by atoms with Gasteiger partial charge in [0.2, 0.25) is 0 Å². The van der Waals surface area contributed by atoms with Gasteiger partial charge in [0, 0.05) is 0 Å². The fourth-order valence-corrected chi connectivity index (χ4v) is 0.981. The molecule has 0 radical (unpaired) electrons. The molecule has 1 rings (SSSR count). The summed E-state index contributed by atoms with van der Waals surface area (Å²) in [5, 5.41) is 11.4. The minimum absolute atomic E-state index is 0.185. The lowest BCUT2D eigenvalue weighted by molar-refractivity contribution is 1.26. The van der Waals surface area contributed by atoms with Crippen LogP contribution in [0.25, 0.3) is 0 Å². The normalized spacial score (nSPS) is 9.00. The van der Waals surface area contributed by atoms with Gasteiger partial charge in [-0.2, -0.15) is 5.26 Å². The molecule has 0 spiro atoms. The van der Waals surface area contributed by atoms with E-state index < -0.39 is 0 Å². The van der Waals surface area contributed by atoms with E-state index in [0.717, 1.165) is 5.56 Å². The Morgan fingerprint density at radius 2 is 2.33 bits per heavy atom. The summed E-state index contributed by atoms with van der Waals surface area (Å²) >= 11 is 5.62. The minimum Gasteiger partial charge on any atom is -0.198 e. The molecule has 3 nitrogen and oxygen atoms in total. The molecule has 0 amide bonds. The van der Waals surface area contributed by atoms with Crippen molar-refractivity contribution in [2.24, 2.45) is 5.18 Å². The standard InChI is InChI=1S/C8H5ClN2O/c9-7-2-1-6(3-4-10)5-8(7)11-12/h1-2,5H,3H2. The lowest BCUT2D eigenvalue weighted by Gasteiger charge is -1.96. The molecule has 1 aromatic carbocycles. The van der Waals surface area contributed by atoms with E-state index in [-0.39, 0.29) is 12.1 Å². The van der Waals surface area contributed by atoms with Gasteiger partial charge in [-0.25, -0.2) is 0 Å². The van der Waals surface area contributed by atoms with Crippen LogP contribution in [-0.4, -0.2) is 0 Å². The third kappa shape index (κ3) is 1.80. The second-order valence-electron chi connectivity index (χ2n) is 2.21. The van der Waals surface area contributed by atoms with Crippen molar-refractivity contribution in [1.82, 2.24) is 0 Å². The quantitative estimate of drug-likeness (QED) is 0.657. The van der Waals surface area contributed by atoms with Crippen LogP contribution in [0.5, 0.6) is 0 Å². The molecule has 0 aliphatic rings. The molecule has 0 aromatic heterocycles. The highest BCUT2D eigenvalue weighted by Gasteiger charge is 2.00. The Morgan fingerprint density at radius 3 is 2.92 bits per heavy atom. The molecule has 0 fully saturated rings. The molecule has 0 saturated heterocycles. The molecule has 0 saturated carbocycles. The summed E-state index contributed by atoms with van der Waals surface area (Å²) in [5.41, 5.74) is 0.931. The lowest BCUT2D eigenvalue weighted by atomic mass is 10.1. The number of nitroso groups, excluding NO2 is 1. The van der Waals surface area contributed by atoms with Gasteiger partial charge in [-0.15, -0.1) is 4.91 Å². The van der Waals surface area contributed by atoms with Crippen molar-refractivity contribution < 1.29 is 0 Å². The van der Waals surface area contributed by atoms with Gasteiger partial charge in [0.25, 0.3) is 0 Å². The Kier molecular flexibility index (Phi) is 2.78. The highest BCUT2D eigenvalue weighted by molar-refractivity contribution is 6.32. The number of benzene rings is 1. The third-order valence-electron chi connectivity index (χ3n) is 1.39. The fraction of sp³-hybridized carbons (Fsp3) is 0.125. The predicted octanol–water partition coefficient (Wildman–Crippen LogP) is 2.80. The molecule has 60 valence electrons. The second kappa shape index (κ2) is 3.84. The van der Waals surface area contributed by atoms with Crippen molar-refractivity contribution in [1.29, 1.82) is 5.26 Å². The van der Waals surface area contributed by atoms with E-state index in [1.54, 1.807) is 12.1 Å². The molecule has 0 atom stereocenters. The van der Waals surface area contributed by atoms with Crippen molar-refractivity contribution >= 4 is 17.3 Å². The molecule has 1 aromatic rings. The molecule has 0 aliphatic carbocycles. The van der Waals surface area contributed by atoms with Gasteiger partial charge in [0.15, 0.2) is 0 Å². The fourth-order valence-electron chi connectivity index (χ4n) is 0.829. The molecular formula is C8H5ClN2O. The predicted molar refractivity (Wildman–Crippen MR) is 46.2 cm³/mol. The van der Waals surface area contributed by atoms with Crippen LogP contribution in [0.15, 0.2) is 23.4 Å². The average molecular weight is 181 g/mol. The Hall–Kier alpha value is -1.40. The summed E-state index contributed by atoms with van der Waals surface area (Å²) < 4.78 is 0. The number of hydrogen-bond donors (Lipinski definition) is 0. The first-order valence-electron chi connectivity index (χ1n) is 3.26. The van der Waals surface area contributed by atoms with E-state index in [9.17, 15) is 4.91 Å². The van der Waals surface area contributed by atoms with Crippen LogP contribution in [-0.2, 0) is 6.42 Å². The Bertz CT molecular complexity index is 343. The highest BCUT2D eigenvalue weighted by Crippen LogP contribution is 2.25. The van der Waals surface area contributed by atoms with Crippen LogP contribution < -0.4 is 0 Å². The van der Waals surface area contributed by atoms with Gasteiger partial charge in [0.05, 0.1) is 17.5 Å². The van der Waals surface area contributed by atoms with Crippen LogP contribution in [0.1, 0.15) is 5.56 Å². The highest BCUT2D eigenvalue weighted by atomic mass is 35.5. The zero-order valence-corrected chi connectivity index (χ0v) is 6.88. The van der Waals surface area contributed by atoms with Crippen LogP contribution in [0.4, 0.5) is 5.69 Å². The second-order valence-corrected chi connectivity index (χ2v) is 2.62. The topological polar surface area (TPSA) is 53.2 Å². The van der Waals surface area contributed by atoms with Gasteiger partial charge < -0.3 is 0 Å². The first-order chi connectivity index (χ1) is 5.77. The summed E-state index contributed by atoms with van der Waals surface area (Å²) in [7, 11) is 0. The summed E-state index contributed by atoms with van der Waals surface area (Å²) in [6.45, 7) is 0. The van der Waals surface area contributed by atoms with Crippen molar-refractivity contribution in [2.45, 2.75) is 6.42 Å². The first kappa shape index (κ1) is 8.69. The summed E-state index contributed by atoms with van der Waals surface area (Å²) in [4.78, 5) is 10.2. The Morgan fingerprint density at radius 1 is 1.58 bits per heavy atom. The smallest absolute Gasteiger partial charge is 0.126 e. The van der Waals surface area contributed by atoms with Crippen LogP contribution in [0.3, 0.4) is 0 Å². The van der Waals surface area contributed by atoms with Gasteiger partial charge in [-0.3, -0.25) is 0 Å². The molecule has 0 aliphatic heterocycles. The minimum atomic E-state index is 0.185. The molecule has 0 N–H and O–H groups in total. The Labute approximate surface area is 74.6 Å². The van der Waals surface area contributed by atoms with Crippen LogP contribution in [0, 0.1) is 16.2 Å². The van der Waals surface area contributed by atoms with Crippen molar-refractivity contribution in [3.05, 3.63) is 33.7 Å². The molecular weight excluding hydrogens is 176 g/mol. The van der Waals surface area contributed by atoms with E-state index in [1.807, 2.05) is 6.07 Å². The van der Waals surface area contributed by atoms with Gasteiger partial charge in [0.1, 0.15) is 5.69 Å². The molecule has 0 unspecified atom stereocenters. The average Bonchev–Trinajstić information content (AvgIpc) is 2.09. The maximum absolute atomic E-state index is 10.2. The van der Waals surface area contributed by atoms with Crippen LogP contribution in [0.2, 0.25) is 5.02 Å². The van der Waals surface area contributed by atoms with Gasteiger partial charge in [-0.1, -0.05) is 17.7 Å². The zero-order valence-electron chi connectivity index (χ0n) is 6.12. The van der Waals surface area contributed by atoms with Gasteiger partial charge in [-0.05, 0) is 22.9 Å². The zero-order chi connectivity index (χ0) is 8.97.